The fourth-order valence-electron chi connectivity index (χ4n) is 2.15. The first-order valence-corrected chi connectivity index (χ1v) is 7.58. The Kier molecular flexibility index (Phi) is 5.72. The molecule has 128 valence electrons. The lowest BCUT2D eigenvalue weighted by molar-refractivity contribution is -0.137. The summed E-state index contributed by atoms with van der Waals surface area (Å²) in [6.07, 6.45) is -4.53. The standard InChI is InChI=1S/C17H16ClF3N2O/c1-23(13-5-3-2-4-6-13)10-9-16(24)22-15-8-7-12(18)11-14(15)17(19,20)21/h2-8,11H,9-10H2,1H3,(H,22,24). The maximum atomic E-state index is 13.0. The third-order valence-corrected chi connectivity index (χ3v) is 3.67. The van der Waals surface area contributed by atoms with Crippen LogP contribution in [0.5, 0.6) is 0 Å². The summed E-state index contributed by atoms with van der Waals surface area (Å²) in [5, 5.41) is 2.27. The van der Waals surface area contributed by atoms with Crippen LogP contribution in [0.1, 0.15) is 12.0 Å². The van der Waals surface area contributed by atoms with Crippen LogP contribution in [0.4, 0.5) is 24.5 Å². The lowest BCUT2D eigenvalue weighted by Crippen LogP contribution is -2.24. The Morgan fingerprint density at radius 2 is 1.83 bits per heavy atom. The number of nitrogens with one attached hydrogen (secondary N) is 1. The number of amides is 1. The molecule has 0 heterocycles. The number of para-hydroxylation sites is 1. The average Bonchev–Trinajstić information content (AvgIpc) is 2.54. The average molecular weight is 357 g/mol. The molecule has 1 amide bonds. The molecule has 0 aliphatic heterocycles. The van der Waals surface area contributed by atoms with Gasteiger partial charge in [0, 0.05) is 30.7 Å². The highest BCUT2D eigenvalue weighted by Gasteiger charge is 2.34. The van der Waals surface area contributed by atoms with Crippen molar-refractivity contribution in [2.75, 3.05) is 23.8 Å². The molecular weight excluding hydrogens is 341 g/mol. The highest BCUT2D eigenvalue weighted by Crippen LogP contribution is 2.36. The molecule has 0 saturated carbocycles. The Bertz CT molecular complexity index is 705. The molecule has 2 aromatic rings. The second kappa shape index (κ2) is 7.57. The predicted octanol–water partition coefficient (Wildman–Crippen LogP) is 4.82. The molecule has 0 unspecified atom stereocenters. The van der Waals surface area contributed by atoms with E-state index in [0.717, 1.165) is 17.8 Å². The molecule has 0 spiro atoms. The summed E-state index contributed by atoms with van der Waals surface area (Å²) in [5.74, 6) is -0.495. The van der Waals surface area contributed by atoms with Gasteiger partial charge in [-0.05, 0) is 30.3 Å². The topological polar surface area (TPSA) is 32.3 Å². The molecule has 0 atom stereocenters. The molecule has 0 bridgehead atoms. The predicted molar refractivity (Wildman–Crippen MR) is 89.4 cm³/mol. The van der Waals surface area contributed by atoms with Crippen molar-refractivity contribution in [3.8, 4) is 0 Å². The van der Waals surface area contributed by atoms with Crippen molar-refractivity contribution in [1.29, 1.82) is 0 Å². The van der Waals surface area contributed by atoms with E-state index in [0.29, 0.717) is 6.54 Å². The van der Waals surface area contributed by atoms with Gasteiger partial charge in [0.05, 0.1) is 11.3 Å². The maximum absolute atomic E-state index is 13.0. The Hall–Kier alpha value is -2.21. The first kappa shape index (κ1) is 18.1. The molecule has 2 aromatic carbocycles. The summed E-state index contributed by atoms with van der Waals surface area (Å²) in [6.45, 7) is 0.380. The van der Waals surface area contributed by atoms with Gasteiger partial charge in [0.15, 0.2) is 0 Å². The highest BCUT2D eigenvalue weighted by atomic mass is 35.5. The van der Waals surface area contributed by atoms with Crippen molar-refractivity contribution in [1.82, 2.24) is 0 Å². The number of alkyl halides is 3. The fourth-order valence-corrected chi connectivity index (χ4v) is 2.33. The zero-order valence-electron chi connectivity index (χ0n) is 12.9. The molecule has 24 heavy (non-hydrogen) atoms. The molecule has 0 aromatic heterocycles. The second-order valence-corrected chi connectivity index (χ2v) is 5.68. The first-order valence-electron chi connectivity index (χ1n) is 7.20. The molecule has 0 radical (unpaired) electrons. The smallest absolute Gasteiger partial charge is 0.374 e. The van der Waals surface area contributed by atoms with Gasteiger partial charge in [-0.3, -0.25) is 4.79 Å². The highest BCUT2D eigenvalue weighted by molar-refractivity contribution is 6.30. The third-order valence-electron chi connectivity index (χ3n) is 3.43. The Balaban J connectivity index is 2.00. The van der Waals surface area contributed by atoms with E-state index >= 15 is 0 Å². The van der Waals surface area contributed by atoms with Gasteiger partial charge >= 0.3 is 6.18 Å². The van der Waals surface area contributed by atoms with Crippen LogP contribution in [-0.4, -0.2) is 19.5 Å². The van der Waals surface area contributed by atoms with Crippen LogP contribution in [0.15, 0.2) is 48.5 Å². The van der Waals surface area contributed by atoms with E-state index in [-0.39, 0.29) is 17.1 Å². The van der Waals surface area contributed by atoms with Crippen molar-refractivity contribution in [2.24, 2.45) is 0 Å². The minimum absolute atomic E-state index is 0.0378. The monoisotopic (exact) mass is 356 g/mol. The largest absolute Gasteiger partial charge is 0.418 e. The van der Waals surface area contributed by atoms with Crippen molar-refractivity contribution in [2.45, 2.75) is 12.6 Å². The van der Waals surface area contributed by atoms with E-state index in [1.807, 2.05) is 42.3 Å². The molecule has 1 N–H and O–H groups in total. The van der Waals surface area contributed by atoms with E-state index in [1.165, 1.54) is 6.07 Å². The number of rotatable bonds is 5. The van der Waals surface area contributed by atoms with E-state index in [9.17, 15) is 18.0 Å². The molecule has 0 aliphatic carbocycles. The Morgan fingerprint density at radius 3 is 2.46 bits per heavy atom. The van der Waals surface area contributed by atoms with Gasteiger partial charge < -0.3 is 10.2 Å². The lowest BCUT2D eigenvalue weighted by Gasteiger charge is -2.19. The molecule has 7 heteroatoms. The summed E-state index contributed by atoms with van der Waals surface area (Å²) < 4.78 is 39.0. The zero-order valence-corrected chi connectivity index (χ0v) is 13.7. The van der Waals surface area contributed by atoms with E-state index in [1.54, 1.807) is 0 Å². The number of hydrogen-bond donors (Lipinski definition) is 1. The molecule has 0 fully saturated rings. The van der Waals surface area contributed by atoms with E-state index < -0.39 is 17.6 Å². The van der Waals surface area contributed by atoms with Gasteiger partial charge in [-0.25, -0.2) is 0 Å². The Labute approximate surface area is 143 Å². The quantitative estimate of drug-likeness (QED) is 0.832. The molecule has 2 rings (SSSR count). The van der Waals surface area contributed by atoms with Crippen molar-refractivity contribution in [3.63, 3.8) is 0 Å². The van der Waals surface area contributed by atoms with Crippen molar-refractivity contribution < 1.29 is 18.0 Å². The number of carbonyl (C=O) groups excluding carboxylic acids is 1. The molecule has 3 nitrogen and oxygen atoms in total. The summed E-state index contributed by atoms with van der Waals surface area (Å²) >= 11 is 5.61. The van der Waals surface area contributed by atoms with Crippen LogP contribution in [-0.2, 0) is 11.0 Å². The van der Waals surface area contributed by atoms with E-state index in [2.05, 4.69) is 5.32 Å². The number of hydrogen-bond acceptors (Lipinski definition) is 2. The summed E-state index contributed by atoms with van der Waals surface area (Å²) in [5.41, 5.74) is -0.327. The van der Waals surface area contributed by atoms with Crippen LogP contribution in [0.2, 0.25) is 5.02 Å². The lowest BCUT2D eigenvalue weighted by atomic mass is 10.1. The first-order chi connectivity index (χ1) is 11.3. The van der Waals surface area contributed by atoms with Gasteiger partial charge in [-0.2, -0.15) is 13.2 Å². The van der Waals surface area contributed by atoms with Crippen LogP contribution in [0.3, 0.4) is 0 Å². The minimum Gasteiger partial charge on any atom is -0.374 e. The van der Waals surface area contributed by atoms with Crippen molar-refractivity contribution >= 4 is 28.9 Å². The normalized spacial score (nSPS) is 11.2. The van der Waals surface area contributed by atoms with Gasteiger partial charge in [-0.15, -0.1) is 0 Å². The molecular formula is C17H16ClF3N2O. The summed E-state index contributed by atoms with van der Waals surface area (Å²) in [7, 11) is 1.81. The second-order valence-electron chi connectivity index (χ2n) is 5.24. The zero-order chi connectivity index (χ0) is 17.7. The van der Waals surface area contributed by atoms with Crippen LogP contribution < -0.4 is 10.2 Å². The third kappa shape index (κ3) is 4.89. The van der Waals surface area contributed by atoms with Gasteiger partial charge in [0.1, 0.15) is 0 Å². The van der Waals surface area contributed by atoms with Crippen molar-refractivity contribution in [3.05, 3.63) is 59.1 Å². The fraction of sp³-hybridized carbons (Fsp3) is 0.235. The number of halogens is 4. The van der Waals surface area contributed by atoms with Gasteiger partial charge in [0.2, 0.25) is 5.91 Å². The number of anilines is 2. The number of carbonyl (C=O) groups is 1. The van der Waals surface area contributed by atoms with Crippen LogP contribution in [0.25, 0.3) is 0 Å². The van der Waals surface area contributed by atoms with E-state index in [4.69, 9.17) is 11.6 Å². The number of benzene rings is 2. The molecule has 0 aliphatic rings. The Morgan fingerprint density at radius 1 is 1.17 bits per heavy atom. The summed E-state index contributed by atoms with van der Waals surface area (Å²) in [6, 6.07) is 12.7. The minimum atomic E-state index is -4.59. The van der Waals surface area contributed by atoms with Crippen LogP contribution >= 0.6 is 11.6 Å². The maximum Gasteiger partial charge on any atom is 0.418 e. The van der Waals surface area contributed by atoms with Gasteiger partial charge in [0.25, 0.3) is 0 Å². The molecule has 0 saturated heterocycles. The summed E-state index contributed by atoms with van der Waals surface area (Å²) in [4.78, 5) is 13.8. The SMILES string of the molecule is CN(CCC(=O)Nc1ccc(Cl)cc1C(F)(F)F)c1ccccc1. The van der Waals surface area contributed by atoms with Gasteiger partial charge in [-0.1, -0.05) is 29.8 Å². The number of nitrogens with zero attached hydrogens (tertiary/aromatic N) is 1. The van der Waals surface area contributed by atoms with Crippen LogP contribution in [0, 0.1) is 0 Å².